The van der Waals surface area contributed by atoms with E-state index in [0.29, 0.717) is 11.0 Å². The second kappa shape index (κ2) is 22.4. The zero-order valence-corrected chi connectivity index (χ0v) is 32.4. The van der Waals surface area contributed by atoms with Crippen LogP contribution in [-0.2, 0) is 44.1 Å². The molecule has 0 heterocycles. The molecule has 0 bridgehead atoms. The van der Waals surface area contributed by atoms with Crippen LogP contribution in [0, 0.1) is 10.1 Å². The zero-order chi connectivity index (χ0) is 42.8. The van der Waals surface area contributed by atoms with Crippen molar-refractivity contribution in [2.45, 2.75) is 32.5 Å². The highest BCUT2D eigenvalue weighted by atomic mass is 31.2. The number of nitrogens with zero attached hydrogens (tertiary/aromatic N) is 5. The Kier molecular flexibility index (Phi) is 18.5. The molecule has 0 aliphatic heterocycles. The van der Waals surface area contributed by atoms with Gasteiger partial charge in [0.15, 0.2) is 0 Å². The van der Waals surface area contributed by atoms with Crippen molar-refractivity contribution in [3.8, 4) is 5.75 Å². The molecule has 1 unspecified atom stereocenters. The molecule has 0 fully saturated rings. The molecular weight excluding hydrogens is 779 g/mol. The third-order valence-electron chi connectivity index (χ3n) is 7.11. The molecule has 3 atom stereocenters. The van der Waals surface area contributed by atoms with Gasteiger partial charge in [-0.2, -0.15) is 0 Å². The Bertz CT molecular complexity index is 1880. The van der Waals surface area contributed by atoms with Gasteiger partial charge in [0.1, 0.15) is 50.7 Å². The van der Waals surface area contributed by atoms with Crippen molar-refractivity contribution in [2.24, 2.45) is 5.11 Å². The second-order valence-electron chi connectivity index (χ2n) is 12.8. The minimum Gasteiger partial charge on any atom is -0.756 e. The van der Waals surface area contributed by atoms with E-state index >= 15 is 0 Å². The molecule has 0 aliphatic rings. The number of quaternary nitrogens is 1. The Morgan fingerprint density at radius 3 is 2.21 bits per heavy atom. The number of nitrogens with one attached hydrogen (secondary N) is 5. The first-order valence-electron chi connectivity index (χ1n) is 16.8. The predicted molar refractivity (Wildman–Crippen MR) is 196 cm³/mol. The van der Waals surface area contributed by atoms with Crippen molar-refractivity contribution >= 4 is 54.9 Å². The van der Waals surface area contributed by atoms with E-state index < -0.39 is 80.3 Å². The maximum absolute atomic E-state index is 13.3. The summed E-state index contributed by atoms with van der Waals surface area (Å²) in [7, 11) is 0.735. The third-order valence-corrected chi connectivity index (χ3v) is 8.06. The van der Waals surface area contributed by atoms with E-state index in [1.54, 1.807) is 0 Å². The number of anilines is 1. The lowest BCUT2D eigenvalue weighted by atomic mass is 10.1. The van der Waals surface area contributed by atoms with Gasteiger partial charge in [-0.3, -0.25) is 38.7 Å². The minimum atomic E-state index is -4.75. The highest BCUT2D eigenvalue weighted by Gasteiger charge is 2.22. The van der Waals surface area contributed by atoms with Crippen LogP contribution in [0.4, 0.5) is 16.2 Å². The SMILES string of the molecule is C[C@H](NC(=O)CN=[N+]=[N-])C(=O)N[C@@H](C)C(=O)Nc1ccc(COC(=O)Oc2ccc([N+](=O)[O-])cc2)c(C(=O)NCCNC(=O)COP(=O)([O-])OCC[N+](C)(C)C)c1. The summed E-state index contributed by atoms with van der Waals surface area (Å²) in [5.74, 6) is -3.84. The van der Waals surface area contributed by atoms with E-state index in [0.717, 1.165) is 12.1 Å². The van der Waals surface area contributed by atoms with Crippen molar-refractivity contribution in [1.82, 2.24) is 21.3 Å². The fourth-order valence-electron chi connectivity index (χ4n) is 4.12. The number of hydrogen-bond donors (Lipinski definition) is 5. The van der Waals surface area contributed by atoms with E-state index in [1.165, 1.54) is 44.2 Å². The van der Waals surface area contributed by atoms with Gasteiger partial charge in [0.2, 0.25) is 23.6 Å². The normalized spacial score (nSPS) is 12.9. The molecule has 0 spiro atoms. The maximum Gasteiger partial charge on any atom is 0.514 e. The first-order valence-corrected chi connectivity index (χ1v) is 18.2. The number of ether oxygens (including phenoxy) is 2. The summed E-state index contributed by atoms with van der Waals surface area (Å²) < 4.78 is 31.8. The van der Waals surface area contributed by atoms with Gasteiger partial charge in [-0.25, -0.2) is 4.79 Å². The number of amides is 5. The van der Waals surface area contributed by atoms with Gasteiger partial charge >= 0.3 is 6.16 Å². The number of rotatable bonds is 22. The Morgan fingerprint density at radius 2 is 1.58 bits per heavy atom. The van der Waals surface area contributed by atoms with Crippen LogP contribution < -0.4 is 36.2 Å². The Hall–Kier alpha value is -6.16. The number of carbonyl (C=O) groups excluding carboxylic acids is 6. The molecule has 0 saturated carbocycles. The summed E-state index contributed by atoms with van der Waals surface area (Å²) in [5.41, 5.74) is 8.16. The molecule has 5 amide bonds. The summed E-state index contributed by atoms with van der Waals surface area (Å²) in [6, 6.07) is 6.26. The van der Waals surface area contributed by atoms with E-state index in [2.05, 4.69) is 41.1 Å². The summed E-state index contributed by atoms with van der Waals surface area (Å²) in [6.07, 6.45) is -1.22. The quantitative estimate of drug-likeness (QED) is 0.0104. The summed E-state index contributed by atoms with van der Waals surface area (Å²) in [4.78, 5) is 99.6. The lowest BCUT2D eigenvalue weighted by Crippen LogP contribution is -2.50. The van der Waals surface area contributed by atoms with Gasteiger partial charge < -0.3 is 54.5 Å². The molecule has 2 aromatic rings. The number of benzene rings is 2. The number of likely N-dealkylation sites (N-methyl/N-ethyl adjacent to an activating group) is 1. The second-order valence-corrected chi connectivity index (χ2v) is 14.2. The predicted octanol–water partition coefficient (Wildman–Crippen LogP) is 0.622. The standard InChI is InChI=1S/C32H43N10O14P/c1-20(37-27(43)17-36-40-33)29(45)38-21(2)30(46)39-23-7-6-22(18-53-32(48)56-25-10-8-24(9-11-25)41(49)50)26(16-23)31(47)35-13-12-34-28(44)19-55-57(51,52)54-15-14-42(3,4)5/h6-11,16,20-21H,12-15,17-19H2,1-5H3,(H5-,34,35,37,38,39,43,44,45,46,47,51,52)/t20-,21-/m0/s1. The minimum absolute atomic E-state index is 0.0642. The van der Waals surface area contributed by atoms with E-state index in [4.69, 9.17) is 19.5 Å². The number of phosphoric ester groups is 1. The Balaban J connectivity index is 2.08. The first kappa shape index (κ1) is 47.0. The van der Waals surface area contributed by atoms with Crippen LogP contribution in [0.15, 0.2) is 47.6 Å². The maximum atomic E-state index is 13.3. The van der Waals surface area contributed by atoms with Crippen molar-refractivity contribution in [2.75, 3.05) is 65.9 Å². The summed E-state index contributed by atoms with van der Waals surface area (Å²) >= 11 is 0. The van der Waals surface area contributed by atoms with Crippen molar-refractivity contribution < 1.29 is 66.2 Å². The third kappa shape index (κ3) is 18.4. The van der Waals surface area contributed by atoms with Crippen molar-refractivity contribution in [3.63, 3.8) is 0 Å². The molecule has 0 aromatic heterocycles. The van der Waals surface area contributed by atoms with Crippen LogP contribution in [0.5, 0.6) is 5.75 Å². The topological polar surface area (TPSA) is 332 Å². The number of nitro benzene ring substituents is 1. The van der Waals surface area contributed by atoms with Crippen LogP contribution >= 0.6 is 7.82 Å². The van der Waals surface area contributed by atoms with Gasteiger partial charge in [0.25, 0.3) is 19.4 Å². The van der Waals surface area contributed by atoms with Crippen LogP contribution in [0.25, 0.3) is 10.4 Å². The number of azide groups is 1. The Labute approximate surface area is 325 Å². The number of nitro groups is 1. The zero-order valence-electron chi connectivity index (χ0n) is 31.5. The number of hydrogen-bond acceptors (Lipinski definition) is 15. The van der Waals surface area contributed by atoms with Crippen LogP contribution in [0.1, 0.15) is 29.8 Å². The molecule has 24 nitrogen and oxygen atoms in total. The average Bonchev–Trinajstić information content (AvgIpc) is 3.13. The van der Waals surface area contributed by atoms with Crippen molar-refractivity contribution in [1.29, 1.82) is 0 Å². The van der Waals surface area contributed by atoms with Crippen LogP contribution in [0.3, 0.4) is 0 Å². The summed E-state index contributed by atoms with van der Waals surface area (Å²) in [6.45, 7) is 0.600. The fraction of sp³-hybridized carbons (Fsp3) is 0.438. The molecule has 57 heavy (non-hydrogen) atoms. The van der Waals surface area contributed by atoms with Gasteiger partial charge in [-0.15, -0.1) is 0 Å². The summed E-state index contributed by atoms with van der Waals surface area (Å²) in [5, 5.41) is 26.1. The molecular formula is C32H43N10O14P. The number of non-ortho nitro benzene ring substituents is 1. The van der Waals surface area contributed by atoms with E-state index in [-0.39, 0.29) is 47.9 Å². The van der Waals surface area contributed by atoms with Crippen molar-refractivity contribution in [3.05, 3.63) is 74.1 Å². The highest BCUT2D eigenvalue weighted by Crippen LogP contribution is 2.37. The fourth-order valence-corrected chi connectivity index (χ4v) is 4.77. The largest absolute Gasteiger partial charge is 0.756 e. The van der Waals surface area contributed by atoms with E-state index in [9.17, 15) is 48.3 Å². The first-order chi connectivity index (χ1) is 26.7. The molecule has 0 saturated heterocycles. The average molecular weight is 823 g/mol. The van der Waals surface area contributed by atoms with E-state index in [1.807, 2.05) is 21.1 Å². The Morgan fingerprint density at radius 1 is 0.930 bits per heavy atom. The molecule has 310 valence electrons. The highest BCUT2D eigenvalue weighted by molar-refractivity contribution is 7.45. The molecule has 5 N–H and O–H groups in total. The molecule has 25 heteroatoms. The van der Waals surface area contributed by atoms with Crippen LogP contribution in [-0.4, -0.2) is 118 Å². The lowest BCUT2D eigenvalue weighted by Gasteiger charge is -2.27. The molecule has 2 rings (SSSR count). The van der Waals surface area contributed by atoms with Gasteiger partial charge in [-0.05, 0) is 43.6 Å². The van der Waals surface area contributed by atoms with Gasteiger partial charge in [-0.1, -0.05) is 11.2 Å². The van der Waals surface area contributed by atoms with Crippen LogP contribution in [0.2, 0.25) is 0 Å². The monoisotopic (exact) mass is 822 g/mol. The van der Waals surface area contributed by atoms with Gasteiger partial charge in [0, 0.05) is 46.9 Å². The van der Waals surface area contributed by atoms with Gasteiger partial charge in [0.05, 0.1) is 26.1 Å². The molecule has 0 aliphatic carbocycles. The molecule has 2 aromatic carbocycles. The number of carbonyl (C=O) groups is 6. The molecule has 0 radical (unpaired) electrons. The number of phosphoric acid groups is 1. The lowest BCUT2D eigenvalue weighted by molar-refractivity contribution is -0.870. The smallest absolute Gasteiger partial charge is 0.514 e.